The molecular formula is C23H16F4N2O2S. The number of alkyl halides is 3. The molecule has 4 aromatic rings. The quantitative estimate of drug-likeness (QED) is 0.364. The number of halogens is 4. The number of imidazole rings is 1. The van der Waals surface area contributed by atoms with Crippen LogP contribution in [-0.2, 0) is 16.0 Å². The van der Waals surface area contributed by atoms with Crippen LogP contribution in [0.5, 0.6) is 0 Å². The van der Waals surface area contributed by atoms with Gasteiger partial charge in [0.1, 0.15) is 11.6 Å². The van der Waals surface area contributed by atoms with Crippen molar-refractivity contribution < 1.29 is 26.0 Å². The lowest BCUT2D eigenvalue weighted by molar-refractivity contribution is -0.137. The van der Waals surface area contributed by atoms with Crippen molar-refractivity contribution in [1.29, 1.82) is 0 Å². The average molecular weight is 460 g/mol. The maximum absolute atomic E-state index is 15.1. The summed E-state index contributed by atoms with van der Waals surface area (Å²) in [7, 11) is -3.44. The van der Waals surface area contributed by atoms with E-state index in [2.05, 4.69) is 4.98 Å². The van der Waals surface area contributed by atoms with E-state index in [1.807, 2.05) is 0 Å². The molecule has 0 amide bonds. The van der Waals surface area contributed by atoms with E-state index in [9.17, 15) is 21.6 Å². The third-order valence-electron chi connectivity index (χ3n) is 4.92. The molecule has 0 radical (unpaired) electrons. The maximum Gasteiger partial charge on any atom is 0.417 e. The van der Waals surface area contributed by atoms with E-state index in [0.29, 0.717) is 11.1 Å². The van der Waals surface area contributed by atoms with Crippen molar-refractivity contribution in [1.82, 2.24) is 9.55 Å². The fourth-order valence-corrected chi connectivity index (χ4v) is 4.08. The van der Waals surface area contributed by atoms with Gasteiger partial charge < -0.3 is 0 Å². The van der Waals surface area contributed by atoms with Crippen LogP contribution in [0, 0.1) is 5.82 Å². The normalized spacial score (nSPS) is 12.2. The van der Waals surface area contributed by atoms with E-state index in [0.717, 1.165) is 12.3 Å². The topological polar surface area (TPSA) is 52.0 Å². The van der Waals surface area contributed by atoms with Gasteiger partial charge in [-0.15, -0.1) is 0 Å². The molecule has 0 saturated heterocycles. The Kier molecular flexibility index (Phi) is 5.37. The summed E-state index contributed by atoms with van der Waals surface area (Å²) in [5.41, 5.74) is -0.116. The number of hydrogen-bond donors (Lipinski definition) is 0. The van der Waals surface area contributed by atoms with Crippen LogP contribution in [0.2, 0.25) is 0 Å². The average Bonchev–Trinajstić information content (AvgIpc) is 3.22. The number of rotatable bonds is 4. The summed E-state index contributed by atoms with van der Waals surface area (Å²) >= 11 is 0. The van der Waals surface area contributed by atoms with Gasteiger partial charge in [0.15, 0.2) is 9.84 Å². The molecule has 1 heterocycles. The third kappa shape index (κ3) is 4.16. The zero-order chi connectivity index (χ0) is 23.1. The molecule has 3 aromatic carbocycles. The molecule has 0 atom stereocenters. The minimum absolute atomic E-state index is 0.0116. The fourth-order valence-electron chi connectivity index (χ4n) is 3.41. The molecular weight excluding hydrogens is 444 g/mol. The van der Waals surface area contributed by atoms with Crippen LogP contribution in [0.15, 0.2) is 84.0 Å². The molecule has 4 rings (SSSR count). The zero-order valence-electron chi connectivity index (χ0n) is 16.6. The van der Waals surface area contributed by atoms with Gasteiger partial charge >= 0.3 is 6.18 Å². The summed E-state index contributed by atoms with van der Waals surface area (Å²) in [6.45, 7) is 0. The van der Waals surface area contributed by atoms with Crippen LogP contribution in [0.4, 0.5) is 17.6 Å². The lowest BCUT2D eigenvalue weighted by Gasteiger charge is -2.15. The van der Waals surface area contributed by atoms with E-state index in [4.69, 9.17) is 0 Å². The lowest BCUT2D eigenvalue weighted by atomic mass is 10.0. The second-order valence-corrected chi connectivity index (χ2v) is 9.15. The van der Waals surface area contributed by atoms with Gasteiger partial charge in [0, 0.05) is 24.2 Å². The van der Waals surface area contributed by atoms with Gasteiger partial charge in [0.25, 0.3) is 0 Å². The van der Waals surface area contributed by atoms with Gasteiger partial charge in [0.05, 0.1) is 16.1 Å². The first-order valence-corrected chi connectivity index (χ1v) is 11.3. The third-order valence-corrected chi connectivity index (χ3v) is 6.03. The lowest BCUT2D eigenvalue weighted by Crippen LogP contribution is -2.09. The van der Waals surface area contributed by atoms with Gasteiger partial charge in [0.2, 0.25) is 0 Å². The summed E-state index contributed by atoms with van der Waals surface area (Å²) in [5, 5.41) is 0. The minimum atomic E-state index is -4.60. The number of nitrogens with zero attached hydrogens (tertiary/aromatic N) is 2. The van der Waals surface area contributed by atoms with Gasteiger partial charge in [-0.1, -0.05) is 36.4 Å². The Hall–Kier alpha value is -3.46. The molecule has 0 spiro atoms. The second-order valence-electron chi connectivity index (χ2n) is 7.13. The van der Waals surface area contributed by atoms with Crippen molar-refractivity contribution in [3.63, 3.8) is 0 Å². The van der Waals surface area contributed by atoms with Gasteiger partial charge in [-0.25, -0.2) is 17.8 Å². The fraction of sp³-hybridized carbons (Fsp3) is 0.0870. The van der Waals surface area contributed by atoms with Gasteiger partial charge in [-0.2, -0.15) is 13.2 Å². The Bertz CT molecular complexity index is 1410. The zero-order valence-corrected chi connectivity index (χ0v) is 17.5. The van der Waals surface area contributed by atoms with Crippen LogP contribution in [0.25, 0.3) is 28.2 Å². The standard InChI is InChI=1S/C23H16F4N2O2S/c1-32(30,31)17-6-4-5-15(13-17)16-9-10-21(20(24)14-16)29-12-11-28-22(29)18-7-2-3-8-19(18)23(25,26)27/h2-14H,1H3. The van der Waals surface area contributed by atoms with Crippen LogP contribution >= 0.6 is 0 Å². The Balaban J connectivity index is 1.79. The van der Waals surface area contributed by atoms with E-state index < -0.39 is 27.4 Å². The first-order chi connectivity index (χ1) is 15.1. The molecule has 0 N–H and O–H groups in total. The number of sulfone groups is 1. The monoisotopic (exact) mass is 460 g/mol. The minimum Gasteiger partial charge on any atom is -0.297 e. The first kappa shape index (κ1) is 21.8. The smallest absolute Gasteiger partial charge is 0.297 e. The molecule has 32 heavy (non-hydrogen) atoms. The maximum atomic E-state index is 15.1. The molecule has 0 unspecified atom stereocenters. The summed E-state index contributed by atoms with van der Waals surface area (Å²) in [4.78, 5) is 4.12. The summed E-state index contributed by atoms with van der Waals surface area (Å²) < 4.78 is 80.3. The SMILES string of the molecule is CS(=O)(=O)c1cccc(-c2ccc(-n3ccnc3-c3ccccc3C(F)(F)F)c(F)c2)c1. The molecule has 0 saturated carbocycles. The highest BCUT2D eigenvalue weighted by atomic mass is 32.2. The molecule has 0 aliphatic carbocycles. The Labute approximate surface area is 181 Å². The first-order valence-electron chi connectivity index (χ1n) is 9.36. The molecule has 164 valence electrons. The van der Waals surface area contributed by atoms with Crippen molar-refractivity contribution in [3.05, 3.63) is 90.5 Å². The van der Waals surface area contributed by atoms with Gasteiger partial charge in [-0.05, 0) is 41.5 Å². The number of benzene rings is 3. The van der Waals surface area contributed by atoms with Crippen LogP contribution in [-0.4, -0.2) is 24.2 Å². The van der Waals surface area contributed by atoms with E-state index in [1.165, 1.54) is 59.4 Å². The summed E-state index contributed by atoms with van der Waals surface area (Å²) in [6, 6.07) is 15.2. The van der Waals surface area contributed by atoms with Crippen molar-refractivity contribution in [3.8, 4) is 28.2 Å². The molecule has 0 fully saturated rings. The van der Waals surface area contributed by atoms with Crippen LogP contribution in [0.1, 0.15) is 5.56 Å². The van der Waals surface area contributed by atoms with Crippen molar-refractivity contribution in [2.24, 2.45) is 0 Å². The number of hydrogen-bond acceptors (Lipinski definition) is 3. The molecule has 9 heteroatoms. The molecule has 4 nitrogen and oxygen atoms in total. The number of aromatic nitrogens is 2. The molecule has 0 aliphatic rings. The van der Waals surface area contributed by atoms with E-state index in [-0.39, 0.29) is 22.0 Å². The van der Waals surface area contributed by atoms with Crippen molar-refractivity contribution >= 4 is 9.84 Å². The molecule has 0 aliphatic heterocycles. The Morgan fingerprint density at radius 3 is 2.31 bits per heavy atom. The molecule has 0 bridgehead atoms. The van der Waals surface area contributed by atoms with Crippen LogP contribution in [0.3, 0.4) is 0 Å². The van der Waals surface area contributed by atoms with Crippen molar-refractivity contribution in [2.75, 3.05) is 6.26 Å². The Morgan fingerprint density at radius 1 is 0.906 bits per heavy atom. The van der Waals surface area contributed by atoms with Gasteiger partial charge in [-0.3, -0.25) is 4.57 Å². The largest absolute Gasteiger partial charge is 0.417 e. The van der Waals surface area contributed by atoms with Crippen molar-refractivity contribution in [2.45, 2.75) is 11.1 Å². The Morgan fingerprint density at radius 2 is 1.62 bits per heavy atom. The second kappa shape index (κ2) is 7.90. The summed E-state index contributed by atoms with van der Waals surface area (Å²) in [6.07, 6.45) is -0.841. The highest BCUT2D eigenvalue weighted by Crippen LogP contribution is 2.37. The van der Waals surface area contributed by atoms with Crippen LogP contribution < -0.4 is 0 Å². The predicted octanol–water partition coefficient (Wildman–Crippen LogP) is 5.77. The highest BCUT2D eigenvalue weighted by Gasteiger charge is 2.34. The van der Waals surface area contributed by atoms with E-state index in [1.54, 1.807) is 18.2 Å². The molecule has 1 aromatic heterocycles. The predicted molar refractivity (Wildman–Crippen MR) is 113 cm³/mol. The highest BCUT2D eigenvalue weighted by molar-refractivity contribution is 7.90. The summed E-state index contributed by atoms with van der Waals surface area (Å²) in [5.74, 6) is -0.750. The van der Waals surface area contributed by atoms with E-state index >= 15 is 4.39 Å².